The summed E-state index contributed by atoms with van der Waals surface area (Å²) in [6.07, 6.45) is 5.03. The molecule has 0 aromatic carbocycles. The van der Waals surface area contributed by atoms with E-state index >= 15 is 0 Å². The molecule has 0 radical (unpaired) electrons. The number of amides is 1. The Morgan fingerprint density at radius 3 is 2.71 bits per heavy atom. The Morgan fingerprint density at radius 2 is 2.18 bits per heavy atom. The van der Waals surface area contributed by atoms with Gasteiger partial charge in [-0.2, -0.15) is 0 Å². The smallest absolute Gasteiger partial charge is 0.221 e. The van der Waals surface area contributed by atoms with Crippen molar-refractivity contribution in [2.75, 3.05) is 5.32 Å². The van der Waals surface area contributed by atoms with Gasteiger partial charge in [-0.05, 0) is 13.0 Å². The monoisotopic (exact) mass is 249 g/mol. The zero-order valence-corrected chi connectivity index (χ0v) is 10.2. The molecule has 2 aromatic rings. The largest absolute Gasteiger partial charge is 0.324 e. The molecule has 0 saturated heterocycles. The summed E-state index contributed by atoms with van der Waals surface area (Å²) >= 11 is 1.33. The first-order chi connectivity index (χ1) is 8.08. The fourth-order valence-corrected chi connectivity index (χ4v) is 2.37. The number of nitrogens with zero attached hydrogens (tertiary/aromatic N) is 2. The van der Waals surface area contributed by atoms with E-state index in [1.807, 2.05) is 0 Å². The molecule has 0 saturated carbocycles. The highest BCUT2D eigenvalue weighted by molar-refractivity contribution is 7.17. The number of carbonyl (C=O) groups is 2. The number of anilines is 1. The predicted molar refractivity (Wildman–Crippen MR) is 65.7 cm³/mol. The molecule has 5 nitrogen and oxygen atoms in total. The first kappa shape index (κ1) is 11.5. The molecule has 2 aromatic heterocycles. The number of nitrogens with one attached hydrogen (secondary N) is 1. The second-order valence-electron chi connectivity index (χ2n) is 3.54. The summed E-state index contributed by atoms with van der Waals surface area (Å²) in [7, 11) is 0. The van der Waals surface area contributed by atoms with E-state index in [2.05, 4.69) is 10.3 Å². The number of thiophene rings is 1. The lowest BCUT2D eigenvalue weighted by atomic mass is 10.3. The normalized spacial score (nSPS) is 10.2. The van der Waals surface area contributed by atoms with Gasteiger partial charge in [0.1, 0.15) is 5.00 Å². The van der Waals surface area contributed by atoms with Crippen molar-refractivity contribution < 1.29 is 9.59 Å². The summed E-state index contributed by atoms with van der Waals surface area (Å²) in [6.45, 7) is 2.93. The van der Waals surface area contributed by atoms with Crippen LogP contribution in [0.25, 0.3) is 5.00 Å². The Bertz CT molecular complexity index is 557. The van der Waals surface area contributed by atoms with Gasteiger partial charge in [0.05, 0.1) is 16.9 Å². The van der Waals surface area contributed by atoms with Crippen LogP contribution in [0.4, 0.5) is 5.69 Å². The van der Waals surface area contributed by atoms with Gasteiger partial charge >= 0.3 is 0 Å². The topological polar surface area (TPSA) is 64.0 Å². The third-order valence-electron chi connectivity index (χ3n) is 2.11. The number of carbonyl (C=O) groups excluding carboxylic acids is 2. The van der Waals surface area contributed by atoms with E-state index in [1.54, 1.807) is 29.4 Å². The van der Waals surface area contributed by atoms with E-state index < -0.39 is 0 Å². The molecule has 2 rings (SSSR count). The van der Waals surface area contributed by atoms with E-state index in [0.717, 1.165) is 5.00 Å². The lowest BCUT2D eigenvalue weighted by Gasteiger charge is -2.03. The number of Topliss-reactive ketones (excluding diaryl/α,β-unsaturated/α-hetero) is 1. The molecule has 17 heavy (non-hydrogen) atoms. The molecule has 0 atom stereocenters. The van der Waals surface area contributed by atoms with Crippen molar-refractivity contribution in [3.05, 3.63) is 29.7 Å². The molecule has 0 unspecified atom stereocenters. The third kappa shape index (κ3) is 2.42. The molecule has 2 heterocycles. The van der Waals surface area contributed by atoms with Gasteiger partial charge in [0.2, 0.25) is 5.91 Å². The maximum Gasteiger partial charge on any atom is 0.221 e. The van der Waals surface area contributed by atoms with Gasteiger partial charge in [0.25, 0.3) is 0 Å². The molecule has 1 amide bonds. The number of hydrogen-bond acceptors (Lipinski definition) is 4. The van der Waals surface area contributed by atoms with E-state index in [1.165, 1.54) is 25.2 Å². The molecule has 6 heteroatoms. The molecule has 88 valence electrons. The molecular formula is C11H11N3O2S. The molecule has 0 spiro atoms. The van der Waals surface area contributed by atoms with Gasteiger partial charge in [-0.3, -0.25) is 14.2 Å². The van der Waals surface area contributed by atoms with Crippen molar-refractivity contribution in [2.45, 2.75) is 13.8 Å². The van der Waals surface area contributed by atoms with Crippen molar-refractivity contribution >= 4 is 28.7 Å². The Labute approximate surface area is 102 Å². The number of hydrogen-bond donors (Lipinski definition) is 1. The number of aromatic nitrogens is 2. The fraction of sp³-hybridized carbons (Fsp3) is 0.182. The summed E-state index contributed by atoms with van der Waals surface area (Å²) in [5, 5.41) is 3.49. The Balaban J connectivity index is 2.48. The summed E-state index contributed by atoms with van der Waals surface area (Å²) in [5.41, 5.74) is 0.630. The van der Waals surface area contributed by atoms with Crippen LogP contribution < -0.4 is 5.32 Å². The number of imidazole rings is 1. The molecule has 0 fully saturated rings. The van der Waals surface area contributed by atoms with Gasteiger partial charge in [0.15, 0.2) is 5.78 Å². The minimum atomic E-state index is -0.167. The van der Waals surface area contributed by atoms with Crippen LogP contribution in [0.5, 0.6) is 0 Å². The number of ketones is 1. The average Bonchev–Trinajstić information content (AvgIpc) is 2.83. The number of rotatable bonds is 3. The van der Waals surface area contributed by atoms with E-state index in [0.29, 0.717) is 10.6 Å². The van der Waals surface area contributed by atoms with E-state index in [4.69, 9.17) is 0 Å². The first-order valence-corrected chi connectivity index (χ1v) is 5.80. The molecule has 0 aliphatic carbocycles. The average molecular weight is 249 g/mol. The highest BCUT2D eigenvalue weighted by atomic mass is 32.1. The third-order valence-corrected chi connectivity index (χ3v) is 3.36. The zero-order valence-electron chi connectivity index (χ0n) is 9.43. The second kappa shape index (κ2) is 4.50. The molecular weight excluding hydrogens is 238 g/mol. The minimum absolute atomic E-state index is 0.0204. The van der Waals surface area contributed by atoms with Crippen LogP contribution >= 0.6 is 11.3 Å². The molecule has 1 N–H and O–H groups in total. The van der Waals surface area contributed by atoms with Crippen LogP contribution in [0.3, 0.4) is 0 Å². The lowest BCUT2D eigenvalue weighted by Crippen LogP contribution is -2.06. The SMILES string of the molecule is CC(=O)Nc1cc(C(C)=O)sc1-n1ccnc1. The van der Waals surface area contributed by atoms with Gasteiger partial charge in [-0.15, -0.1) is 11.3 Å². The van der Waals surface area contributed by atoms with Gasteiger partial charge in [-0.25, -0.2) is 4.98 Å². The lowest BCUT2D eigenvalue weighted by molar-refractivity contribution is -0.114. The van der Waals surface area contributed by atoms with Crippen molar-refractivity contribution in [1.29, 1.82) is 0 Å². The predicted octanol–water partition coefficient (Wildman–Crippen LogP) is 2.09. The fourth-order valence-electron chi connectivity index (χ4n) is 1.41. The van der Waals surface area contributed by atoms with Crippen LogP contribution in [0.15, 0.2) is 24.8 Å². The zero-order chi connectivity index (χ0) is 12.4. The van der Waals surface area contributed by atoms with Crippen molar-refractivity contribution in [3.63, 3.8) is 0 Å². The van der Waals surface area contributed by atoms with Crippen molar-refractivity contribution in [3.8, 4) is 5.00 Å². The highest BCUT2D eigenvalue weighted by Crippen LogP contribution is 2.31. The molecule has 0 bridgehead atoms. The first-order valence-electron chi connectivity index (χ1n) is 4.98. The summed E-state index contributed by atoms with van der Waals surface area (Å²) in [4.78, 5) is 27.0. The van der Waals surface area contributed by atoms with E-state index in [9.17, 15) is 9.59 Å². The summed E-state index contributed by atoms with van der Waals surface area (Å²) < 4.78 is 1.77. The Hall–Kier alpha value is -1.95. The van der Waals surface area contributed by atoms with Crippen LogP contribution in [0.2, 0.25) is 0 Å². The molecule has 0 aliphatic heterocycles. The van der Waals surface area contributed by atoms with Gasteiger partial charge in [-0.1, -0.05) is 0 Å². The minimum Gasteiger partial charge on any atom is -0.324 e. The summed E-state index contributed by atoms with van der Waals surface area (Å²) in [5.74, 6) is -0.188. The van der Waals surface area contributed by atoms with Crippen LogP contribution in [-0.4, -0.2) is 21.2 Å². The summed E-state index contributed by atoms with van der Waals surface area (Å²) in [6, 6.07) is 1.68. The highest BCUT2D eigenvalue weighted by Gasteiger charge is 2.14. The van der Waals surface area contributed by atoms with Crippen LogP contribution in [-0.2, 0) is 4.79 Å². The van der Waals surface area contributed by atoms with Crippen molar-refractivity contribution in [2.24, 2.45) is 0 Å². The Kier molecular flexibility index (Phi) is 3.06. The van der Waals surface area contributed by atoms with E-state index in [-0.39, 0.29) is 11.7 Å². The maximum absolute atomic E-state index is 11.3. The van der Waals surface area contributed by atoms with Crippen LogP contribution in [0, 0.1) is 0 Å². The van der Waals surface area contributed by atoms with Gasteiger partial charge < -0.3 is 5.32 Å². The molecule has 0 aliphatic rings. The second-order valence-corrected chi connectivity index (χ2v) is 4.57. The Morgan fingerprint density at radius 1 is 1.41 bits per heavy atom. The standard InChI is InChI=1S/C11H11N3O2S/c1-7(15)10-5-9(13-8(2)16)11(17-10)14-4-3-12-6-14/h3-6H,1-2H3,(H,13,16). The van der Waals surface area contributed by atoms with Crippen molar-refractivity contribution in [1.82, 2.24) is 9.55 Å². The maximum atomic E-state index is 11.3. The quantitative estimate of drug-likeness (QED) is 0.847. The van der Waals surface area contributed by atoms with Gasteiger partial charge in [0, 0.05) is 19.3 Å². The van der Waals surface area contributed by atoms with Crippen LogP contribution in [0.1, 0.15) is 23.5 Å².